The number of carbonyl (C=O) groups is 2. The molecule has 0 aromatic rings. The first kappa shape index (κ1) is 18.8. The molecule has 0 saturated carbocycles. The Morgan fingerprint density at radius 2 is 1.58 bits per heavy atom. The summed E-state index contributed by atoms with van der Waals surface area (Å²) in [7, 11) is -3.39. The van der Waals surface area contributed by atoms with E-state index in [9.17, 15) is 14.2 Å². The maximum absolute atomic E-state index is 12.1. The smallest absolute Gasteiger partial charge is 0.309 e. The number of carbonyl (C=O) groups excluding carboxylic acids is 2. The summed E-state index contributed by atoms with van der Waals surface area (Å²) in [6, 6.07) is 0. The van der Waals surface area contributed by atoms with Gasteiger partial charge in [0, 0.05) is 4.75 Å². The fourth-order valence-electron chi connectivity index (χ4n) is 1.33. The lowest BCUT2D eigenvalue weighted by Gasteiger charge is -2.17. The number of thioether (sulfide) groups is 1. The zero-order valence-corrected chi connectivity index (χ0v) is 13.9. The van der Waals surface area contributed by atoms with Crippen LogP contribution in [0.15, 0.2) is 0 Å². The fraction of sp³-hybridized carbons (Fsp3) is 0.833. The second-order valence-corrected chi connectivity index (χ2v) is 8.85. The molecule has 0 aliphatic carbocycles. The van der Waals surface area contributed by atoms with Crippen molar-refractivity contribution in [1.29, 1.82) is 0 Å². The molecule has 0 spiro atoms. The van der Waals surface area contributed by atoms with Crippen LogP contribution in [0.2, 0.25) is 0 Å². The van der Waals surface area contributed by atoms with Crippen molar-refractivity contribution in [2.75, 3.05) is 19.4 Å². The van der Waals surface area contributed by atoms with Crippen LogP contribution in [0.5, 0.6) is 0 Å². The Hall–Kier alpha value is -0.160. The lowest BCUT2D eigenvalue weighted by molar-refractivity contribution is -0.121. The molecule has 0 radical (unpaired) electrons. The molecule has 0 atom stereocenters. The summed E-state index contributed by atoms with van der Waals surface area (Å²) in [5.74, 6) is -0.410. The third-order valence-corrected chi connectivity index (χ3v) is 4.81. The van der Waals surface area contributed by atoms with E-state index in [1.54, 1.807) is 13.8 Å². The average Bonchev–Trinajstić information content (AvgIpc) is 2.13. The zero-order chi connectivity index (χ0) is 15.1. The van der Waals surface area contributed by atoms with Crippen molar-refractivity contribution in [2.45, 2.75) is 45.8 Å². The number of rotatable bonds is 8. The van der Waals surface area contributed by atoms with Crippen molar-refractivity contribution in [3.8, 4) is 0 Å². The molecule has 0 rings (SSSR count). The van der Waals surface area contributed by atoms with Crippen LogP contribution in [0.3, 0.4) is 0 Å². The van der Waals surface area contributed by atoms with Gasteiger partial charge in [-0.2, -0.15) is 0 Å². The molecule has 0 N–H and O–H groups in total. The summed E-state index contributed by atoms with van der Waals surface area (Å²) in [6.07, 6.45) is -0.586. The maximum atomic E-state index is 12.1. The normalized spacial score (nSPS) is 12.5. The highest BCUT2D eigenvalue weighted by molar-refractivity contribution is 8.14. The molecule has 5 nitrogen and oxygen atoms in total. The Morgan fingerprint density at radius 3 is 1.95 bits per heavy atom. The van der Waals surface area contributed by atoms with Gasteiger partial charge in [0.1, 0.15) is 6.16 Å². The summed E-state index contributed by atoms with van der Waals surface area (Å²) in [5, 5.41) is -0.225. The van der Waals surface area contributed by atoms with Crippen LogP contribution in [0, 0.1) is 0 Å². The molecule has 0 saturated heterocycles. The highest BCUT2D eigenvalue weighted by Gasteiger charge is 2.29. The Morgan fingerprint density at radius 1 is 1.11 bits per heavy atom. The minimum atomic E-state index is -3.39. The molecular formula is C12H23O5PS. The van der Waals surface area contributed by atoms with E-state index in [-0.39, 0.29) is 35.7 Å². The first-order valence-corrected chi connectivity index (χ1v) is 8.78. The Labute approximate surface area is 119 Å². The summed E-state index contributed by atoms with van der Waals surface area (Å²) in [4.78, 5) is 23.4. The Bertz CT molecular complexity index is 352. The lowest BCUT2D eigenvalue weighted by Crippen LogP contribution is -2.17. The molecular weight excluding hydrogens is 287 g/mol. The van der Waals surface area contributed by atoms with E-state index < -0.39 is 13.4 Å². The molecule has 112 valence electrons. The van der Waals surface area contributed by atoms with Crippen LogP contribution in [0.25, 0.3) is 0 Å². The third-order valence-electron chi connectivity index (χ3n) is 1.78. The van der Waals surface area contributed by atoms with Gasteiger partial charge >= 0.3 is 7.60 Å². The number of ketones is 1. The van der Waals surface area contributed by atoms with E-state index in [0.717, 1.165) is 11.8 Å². The van der Waals surface area contributed by atoms with Gasteiger partial charge in [-0.3, -0.25) is 14.2 Å². The quantitative estimate of drug-likeness (QED) is 0.506. The third kappa shape index (κ3) is 9.38. The summed E-state index contributed by atoms with van der Waals surface area (Å²) in [6.45, 7) is 9.44. The van der Waals surface area contributed by atoms with Gasteiger partial charge in [-0.1, -0.05) is 32.5 Å². The van der Waals surface area contributed by atoms with Crippen LogP contribution in [0.1, 0.15) is 41.0 Å². The maximum Gasteiger partial charge on any atom is 0.338 e. The molecule has 7 heteroatoms. The minimum Gasteiger partial charge on any atom is -0.309 e. The van der Waals surface area contributed by atoms with Crippen molar-refractivity contribution >= 4 is 30.3 Å². The summed E-state index contributed by atoms with van der Waals surface area (Å²) < 4.78 is 21.9. The predicted molar refractivity (Wildman–Crippen MR) is 77.7 cm³/mol. The van der Waals surface area contributed by atoms with Crippen LogP contribution in [0.4, 0.5) is 0 Å². The first-order valence-electron chi connectivity index (χ1n) is 6.23. The molecule has 0 unspecified atom stereocenters. The van der Waals surface area contributed by atoms with E-state index in [2.05, 4.69) is 0 Å². The molecule has 0 amide bonds. The summed E-state index contributed by atoms with van der Waals surface area (Å²) in [5.41, 5.74) is 0. The van der Waals surface area contributed by atoms with Gasteiger partial charge in [0.15, 0.2) is 10.9 Å². The van der Waals surface area contributed by atoms with Crippen molar-refractivity contribution in [2.24, 2.45) is 0 Å². The predicted octanol–water partition coefficient (Wildman–Crippen LogP) is 3.27. The fourth-order valence-corrected chi connectivity index (χ4v) is 3.84. The molecule has 0 aromatic carbocycles. The van der Waals surface area contributed by atoms with Crippen LogP contribution >= 0.6 is 19.4 Å². The van der Waals surface area contributed by atoms with E-state index in [4.69, 9.17) is 9.05 Å². The highest BCUT2D eigenvalue weighted by atomic mass is 32.2. The minimum absolute atomic E-state index is 0.204. The van der Waals surface area contributed by atoms with Crippen LogP contribution in [-0.4, -0.2) is 35.0 Å². The molecule has 0 aliphatic heterocycles. The van der Waals surface area contributed by atoms with Crippen molar-refractivity contribution in [3.05, 3.63) is 0 Å². The van der Waals surface area contributed by atoms with Crippen LogP contribution in [-0.2, 0) is 23.2 Å². The van der Waals surface area contributed by atoms with Gasteiger partial charge in [-0.15, -0.1) is 0 Å². The highest BCUT2D eigenvalue weighted by Crippen LogP contribution is 2.48. The summed E-state index contributed by atoms with van der Waals surface area (Å²) >= 11 is 1.11. The van der Waals surface area contributed by atoms with Gasteiger partial charge in [0.2, 0.25) is 0 Å². The van der Waals surface area contributed by atoms with Gasteiger partial charge in [0.05, 0.1) is 19.6 Å². The second kappa shape index (κ2) is 8.20. The average molecular weight is 310 g/mol. The van der Waals surface area contributed by atoms with Crippen molar-refractivity contribution in [1.82, 2.24) is 0 Å². The van der Waals surface area contributed by atoms with Crippen molar-refractivity contribution in [3.63, 3.8) is 0 Å². The van der Waals surface area contributed by atoms with Gasteiger partial charge < -0.3 is 9.05 Å². The second-order valence-electron chi connectivity index (χ2n) is 4.91. The largest absolute Gasteiger partial charge is 0.338 e. The molecule has 0 heterocycles. The monoisotopic (exact) mass is 310 g/mol. The number of Topliss-reactive ketones (excluding diaryl/α,β-unsaturated/α-hetero) is 1. The van der Waals surface area contributed by atoms with E-state index >= 15 is 0 Å². The Balaban J connectivity index is 4.43. The van der Waals surface area contributed by atoms with Gasteiger partial charge in [0.25, 0.3) is 0 Å². The SMILES string of the molecule is CCOP(=O)(CC(=O)CC(=O)SC(C)(C)C)OCC. The first-order chi connectivity index (χ1) is 8.62. The van der Waals surface area contributed by atoms with Gasteiger partial charge in [-0.05, 0) is 13.8 Å². The standard InChI is InChI=1S/C12H23O5PS/c1-6-16-18(15,17-7-2)9-10(13)8-11(14)19-12(3,4)5/h6-9H2,1-5H3. The number of hydrogen-bond donors (Lipinski definition) is 0. The lowest BCUT2D eigenvalue weighted by atomic mass is 10.3. The topological polar surface area (TPSA) is 69.7 Å². The van der Waals surface area contributed by atoms with E-state index in [1.807, 2.05) is 20.8 Å². The van der Waals surface area contributed by atoms with Crippen molar-refractivity contribution < 1.29 is 23.2 Å². The molecule has 0 aromatic heterocycles. The molecule has 0 bridgehead atoms. The Kier molecular flexibility index (Phi) is 8.13. The molecule has 0 fully saturated rings. The molecule has 0 aliphatic rings. The number of hydrogen-bond acceptors (Lipinski definition) is 6. The van der Waals surface area contributed by atoms with Gasteiger partial charge in [-0.25, -0.2) is 0 Å². The van der Waals surface area contributed by atoms with E-state index in [1.165, 1.54) is 0 Å². The van der Waals surface area contributed by atoms with E-state index in [0.29, 0.717) is 0 Å². The molecule has 19 heavy (non-hydrogen) atoms. The zero-order valence-electron chi connectivity index (χ0n) is 12.2. The van der Waals surface area contributed by atoms with Crippen LogP contribution < -0.4 is 0 Å².